The molecule has 28 heavy (non-hydrogen) atoms. The maximum atomic E-state index is 12.6. The van der Waals surface area contributed by atoms with Crippen molar-refractivity contribution in [1.29, 1.82) is 0 Å². The van der Waals surface area contributed by atoms with Crippen LogP contribution in [0.15, 0.2) is 17.0 Å². The Morgan fingerprint density at radius 1 is 1.36 bits per heavy atom. The number of rotatable bonds is 5. The monoisotopic (exact) mass is 407 g/mol. The third-order valence-electron chi connectivity index (χ3n) is 4.44. The van der Waals surface area contributed by atoms with E-state index in [1.54, 1.807) is 4.90 Å². The first-order valence-corrected chi connectivity index (χ1v) is 9.22. The highest BCUT2D eigenvalue weighted by Gasteiger charge is 2.38. The Kier molecular flexibility index (Phi) is 5.54. The van der Waals surface area contributed by atoms with Gasteiger partial charge in [0.05, 0.1) is 22.5 Å². The number of benzene rings is 1. The number of likely N-dealkylation sites (tertiary alicyclic amines) is 1. The van der Waals surface area contributed by atoms with Gasteiger partial charge in [-0.25, -0.2) is 0 Å². The van der Waals surface area contributed by atoms with Gasteiger partial charge < -0.3 is 14.7 Å². The lowest BCUT2D eigenvalue weighted by atomic mass is 10.1. The maximum absolute atomic E-state index is 12.6. The average molecular weight is 407 g/mol. The first-order chi connectivity index (χ1) is 13.3. The summed E-state index contributed by atoms with van der Waals surface area (Å²) in [6.45, 7) is 0.845. The number of hydrogen-bond acceptors (Lipinski definition) is 8. The van der Waals surface area contributed by atoms with E-state index in [0.29, 0.717) is 24.9 Å². The van der Waals surface area contributed by atoms with Crippen molar-refractivity contribution < 1.29 is 29.2 Å². The number of methoxy groups -OCH3 is 1. The van der Waals surface area contributed by atoms with Gasteiger partial charge in [0.2, 0.25) is 11.7 Å². The summed E-state index contributed by atoms with van der Waals surface area (Å²) in [6.07, 6.45) is 2.96. The van der Waals surface area contributed by atoms with Crippen molar-refractivity contribution in [3.05, 3.63) is 32.7 Å². The summed E-state index contributed by atoms with van der Waals surface area (Å²) < 4.78 is 4.88. The van der Waals surface area contributed by atoms with Gasteiger partial charge in [0, 0.05) is 13.1 Å². The lowest BCUT2D eigenvalue weighted by molar-refractivity contribution is -0.386. The molecule has 0 bridgehead atoms. The van der Waals surface area contributed by atoms with Gasteiger partial charge in [0.1, 0.15) is 6.54 Å². The topological polar surface area (TPSA) is 130 Å². The molecule has 2 saturated heterocycles. The average Bonchev–Trinajstić information content (AvgIpc) is 3.27. The van der Waals surface area contributed by atoms with E-state index in [4.69, 9.17) is 4.74 Å². The smallest absolute Gasteiger partial charge is 0.322 e. The Morgan fingerprint density at radius 2 is 2.04 bits per heavy atom. The number of phenols is 1. The Balaban J connectivity index is 1.88. The molecule has 0 unspecified atom stereocenters. The molecular weight excluding hydrogens is 390 g/mol. The second-order valence-electron chi connectivity index (χ2n) is 6.17. The van der Waals surface area contributed by atoms with Crippen LogP contribution in [0, 0.1) is 10.1 Å². The van der Waals surface area contributed by atoms with Crippen molar-refractivity contribution in [2.75, 3.05) is 26.7 Å². The lowest BCUT2D eigenvalue weighted by Gasteiger charge is -2.18. The normalized spacial score (nSPS) is 18.2. The van der Waals surface area contributed by atoms with E-state index in [9.17, 15) is 29.6 Å². The third-order valence-corrected chi connectivity index (χ3v) is 5.35. The van der Waals surface area contributed by atoms with E-state index in [2.05, 4.69) is 0 Å². The highest BCUT2D eigenvalue weighted by atomic mass is 32.2. The maximum Gasteiger partial charge on any atom is 0.322 e. The Bertz CT molecular complexity index is 893. The van der Waals surface area contributed by atoms with E-state index >= 15 is 0 Å². The van der Waals surface area contributed by atoms with Crippen LogP contribution in [-0.2, 0) is 9.59 Å². The Morgan fingerprint density at radius 3 is 2.64 bits per heavy atom. The standard InChI is InChI=1S/C17H17N3O7S/c1-27-15-11(21)5-4-10(14(15)20(25)26)8-12-16(23)19(17(24)28-12)9-13(22)18-6-2-3-7-18/h4-5,8,21H,2-3,6-7,9H2,1H3/b12-8-. The van der Waals surface area contributed by atoms with Gasteiger partial charge in [-0.2, -0.15) is 0 Å². The van der Waals surface area contributed by atoms with Gasteiger partial charge >= 0.3 is 5.69 Å². The number of ether oxygens (including phenoxy) is 1. The summed E-state index contributed by atoms with van der Waals surface area (Å²) in [6, 6.07) is 2.44. The van der Waals surface area contributed by atoms with Crippen LogP contribution in [0.4, 0.5) is 10.5 Å². The Hall–Kier alpha value is -3.08. The molecule has 1 aromatic carbocycles. The van der Waals surface area contributed by atoms with Crippen LogP contribution in [0.3, 0.4) is 0 Å². The quantitative estimate of drug-likeness (QED) is 0.445. The van der Waals surface area contributed by atoms with Crippen LogP contribution in [-0.4, -0.2) is 63.6 Å². The van der Waals surface area contributed by atoms with E-state index in [-0.39, 0.29) is 28.7 Å². The fraction of sp³-hybridized carbons (Fsp3) is 0.353. The van der Waals surface area contributed by atoms with Crippen molar-refractivity contribution in [2.45, 2.75) is 12.8 Å². The molecule has 0 saturated carbocycles. The van der Waals surface area contributed by atoms with Gasteiger partial charge in [-0.3, -0.25) is 29.4 Å². The van der Waals surface area contributed by atoms with E-state index in [1.165, 1.54) is 25.3 Å². The second kappa shape index (κ2) is 7.89. The van der Waals surface area contributed by atoms with Crippen molar-refractivity contribution in [1.82, 2.24) is 9.80 Å². The molecule has 2 fully saturated rings. The van der Waals surface area contributed by atoms with Crippen LogP contribution >= 0.6 is 11.8 Å². The first kappa shape index (κ1) is 19.7. The molecule has 0 radical (unpaired) electrons. The number of nitro groups is 1. The zero-order valence-corrected chi connectivity index (χ0v) is 15.7. The zero-order chi connectivity index (χ0) is 20.4. The van der Waals surface area contributed by atoms with Crippen molar-refractivity contribution in [2.24, 2.45) is 0 Å². The van der Waals surface area contributed by atoms with E-state index in [0.717, 1.165) is 17.7 Å². The van der Waals surface area contributed by atoms with Crippen molar-refractivity contribution >= 4 is 40.6 Å². The molecule has 2 aliphatic rings. The third kappa shape index (κ3) is 3.65. The molecule has 10 nitrogen and oxygen atoms in total. The highest BCUT2D eigenvalue weighted by Crippen LogP contribution is 2.41. The molecule has 3 amide bonds. The number of thioether (sulfide) groups is 1. The molecule has 0 atom stereocenters. The molecule has 0 spiro atoms. The molecule has 3 rings (SSSR count). The molecule has 148 valence electrons. The number of nitrogens with zero attached hydrogens (tertiary/aromatic N) is 3. The number of amides is 3. The van der Waals surface area contributed by atoms with Gasteiger partial charge in [-0.05, 0) is 42.8 Å². The zero-order valence-electron chi connectivity index (χ0n) is 14.9. The van der Waals surface area contributed by atoms with E-state index < -0.39 is 27.5 Å². The number of phenolic OH excluding ortho intramolecular Hbond substituents is 1. The van der Waals surface area contributed by atoms with Gasteiger partial charge in [-0.1, -0.05) is 0 Å². The number of hydrogen-bond donors (Lipinski definition) is 1. The van der Waals surface area contributed by atoms with Crippen LogP contribution in [0.2, 0.25) is 0 Å². The lowest BCUT2D eigenvalue weighted by Crippen LogP contribution is -2.40. The number of nitro benzene ring substituents is 1. The number of carbonyl (C=O) groups is 3. The molecule has 1 N–H and O–H groups in total. The summed E-state index contributed by atoms with van der Waals surface area (Å²) in [5.41, 5.74) is -0.529. The minimum Gasteiger partial charge on any atom is -0.504 e. The number of imide groups is 1. The SMILES string of the molecule is COc1c(O)ccc(/C=C2\SC(=O)N(CC(=O)N3CCCC3)C2=O)c1[N+](=O)[O-]. The minimum atomic E-state index is -0.745. The molecular formula is C17H17N3O7S. The summed E-state index contributed by atoms with van der Waals surface area (Å²) in [5, 5.41) is 20.5. The van der Waals surface area contributed by atoms with Crippen LogP contribution in [0.5, 0.6) is 11.5 Å². The summed E-state index contributed by atoms with van der Waals surface area (Å²) in [7, 11) is 1.17. The van der Waals surface area contributed by atoms with Crippen LogP contribution in [0.25, 0.3) is 6.08 Å². The van der Waals surface area contributed by atoms with Crippen LogP contribution < -0.4 is 4.74 Å². The number of aromatic hydroxyl groups is 1. The van der Waals surface area contributed by atoms with Crippen molar-refractivity contribution in [3.63, 3.8) is 0 Å². The van der Waals surface area contributed by atoms with Gasteiger partial charge in [-0.15, -0.1) is 0 Å². The van der Waals surface area contributed by atoms with Gasteiger partial charge in [0.25, 0.3) is 11.1 Å². The molecule has 11 heteroatoms. The fourth-order valence-electron chi connectivity index (χ4n) is 3.06. The minimum absolute atomic E-state index is 0.00369. The van der Waals surface area contributed by atoms with Gasteiger partial charge in [0.15, 0.2) is 5.75 Å². The molecule has 1 aromatic rings. The molecule has 0 aliphatic carbocycles. The summed E-state index contributed by atoms with van der Waals surface area (Å²) >= 11 is 0.601. The van der Waals surface area contributed by atoms with Crippen LogP contribution in [0.1, 0.15) is 18.4 Å². The molecule has 2 heterocycles. The predicted molar refractivity (Wildman–Crippen MR) is 99.8 cm³/mol. The second-order valence-corrected chi connectivity index (χ2v) is 7.16. The van der Waals surface area contributed by atoms with E-state index in [1.807, 2.05) is 0 Å². The highest BCUT2D eigenvalue weighted by molar-refractivity contribution is 8.18. The predicted octanol–water partition coefficient (Wildman–Crippen LogP) is 1.97. The summed E-state index contributed by atoms with van der Waals surface area (Å²) in [4.78, 5) is 50.0. The summed E-state index contributed by atoms with van der Waals surface area (Å²) in [5.74, 6) is -1.76. The number of carbonyl (C=O) groups excluding carboxylic acids is 3. The van der Waals surface area contributed by atoms with Crippen molar-refractivity contribution in [3.8, 4) is 11.5 Å². The molecule has 0 aromatic heterocycles. The largest absolute Gasteiger partial charge is 0.504 e. The first-order valence-electron chi connectivity index (χ1n) is 8.41. The fourth-order valence-corrected chi connectivity index (χ4v) is 3.89. The molecule has 2 aliphatic heterocycles. The Labute approximate surface area is 163 Å².